The smallest absolute Gasteiger partial charge is 0.239 e. The van der Waals surface area contributed by atoms with Gasteiger partial charge in [-0.05, 0) is 24.9 Å². The van der Waals surface area contributed by atoms with Crippen LogP contribution in [0.2, 0.25) is 0 Å². The minimum Gasteiger partial charge on any atom is -0.339 e. The Balaban J connectivity index is 0.00000338. The molecule has 2 rings (SSSR count). The Kier molecular flexibility index (Phi) is 12.9. The number of likely N-dealkylation sites (N-methyl/N-ethyl adjacent to an activating group) is 1. The summed E-state index contributed by atoms with van der Waals surface area (Å²) in [5, 5.41) is 0. The number of rotatable bonds is 8. The van der Waals surface area contributed by atoms with Gasteiger partial charge >= 0.3 is 0 Å². The van der Waals surface area contributed by atoms with Gasteiger partial charge in [-0.3, -0.25) is 9.69 Å². The van der Waals surface area contributed by atoms with Crippen LogP contribution in [0.1, 0.15) is 25.8 Å². The summed E-state index contributed by atoms with van der Waals surface area (Å²) in [7, 11) is 2.16. The summed E-state index contributed by atoms with van der Waals surface area (Å²) in [6.45, 7) is 10.8. The van der Waals surface area contributed by atoms with Gasteiger partial charge in [0.25, 0.3) is 0 Å². The fourth-order valence-corrected chi connectivity index (χ4v) is 3.32. The standard InChI is InChI=1S/C20H34N4O.2ClH/c1-17(2)15-19(21)20(25)24-13-11-23(12-14-24)10-9-22(3)16-18-7-5-4-6-8-18;;/h4-8,17,19H,9-16,21H2,1-3H3;2*1H/t19-;;/m0../s1. The summed E-state index contributed by atoms with van der Waals surface area (Å²) >= 11 is 0. The van der Waals surface area contributed by atoms with E-state index in [9.17, 15) is 4.79 Å². The molecule has 1 amide bonds. The zero-order chi connectivity index (χ0) is 18.2. The van der Waals surface area contributed by atoms with Gasteiger partial charge in [-0.1, -0.05) is 44.2 Å². The molecular weight excluding hydrogens is 383 g/mol. The predicted molar refractivity (Wildman–Crippen MR) is 118 cm³/mol. The molecule has 0 aromatic heterocycles. The highest BCUT2D eigenvalue weighted by Crippen LogP contribution is 2.09. The maximum absolute atomic E-state index is 12.4. The molecule has 1 saturated heterocycles. The Hall–Kier alpha value is -0.850. The van der Waals surface area contributed by atoms with Crippen molar-refractivity contribution >= 4 is 30.7 Å². The molecule has 2 N–H and O–H groups in total. The molecule has 1 fully saturated rings. The molecule has 0 radical (unpaired) electrons. The van der Waals surface area contributed by atoms with Crippen molar-refractivity contribution in [1.29, 1.82) is 0 Å². The molecule has 27 heavy (non-hydrogen) atoms. The molecule has 1 aromatic carbocycles. The van der Waals surface area contributed by atoms with E-state index >= 15 is 0 Å². The lowest BCUT2D eigenvalue weighted by Gasteiger charge is -2.36. The highest BCUT2D eigenvalue weighted by atomic mass is 35.5. The van der Waals surface area contributed by atoms with Crippen molar-refractivity contribution < 1.29 is 4.79 Å². The van der Waals surface area contributed by atoms with Gasteiger partial charge in [0.05, 0.1) is 6.04 Å². The second-order valence-electron chi connectivity index (χ2n) is 7.63. The number of hydrogen-bond acceptors (Lipinski definition) is 4. The Morgan fingerprint density at radius 3 is 2.26 bits per heavy atom. The predicted octanol–water partition coefficient (Wildman–Crippen LogP) is 2.48. The molecule has 156 valence electrons. The minimum absolute atomic E-state index is 0. The number of amides is 1. The molecule has 1 atom stereocenters. The molecule has 5 nitrogen and oxygen atoms in total. The van der Waals surface area contributed by atoms with Crippen molar-refractivity contribution in [3.05, 3.63) is 35.9 Å². The van der Waals surface area contributed by atoms with Crippen LogP contribution in [0, 0.1) is 5.92 Å². The lowest BCUT2D eigenvalue weighted by Crippen LogP contribution is -2.54. The van der Waals surface area contributed by atoms with E-state index in [1.807, 2.05) is 4.90 Å². The summed E-state index contributed by atoms with van der Waals surface area (Å²) in [6, 6.07) is 10.2. The van der Waals surface area contributed by atoms with Crippen molar-refractivity contribution in [1.82, 2.24) is 14.7 Å². The molecule has 1 aromatic rings. The van der Waals surface area contributed by atoms with Crippen molar-refractivity contribution in [2.24, 2.45) is 11.7 Å². The first-order chi connectivity index (χ1) is 12.0. The molecule has 1 aliphatic heterocycles. The van der Waals surface area contributed by atoms with E-state index in [4.69, 9.17) is 5.73 Å². The number of carbonyl (C=O) groups excluding carboxylic acids is 1. The highest BCUT2D eigenvalue weighted by molar-refractivity contribution is 5.85. The van der Waals surface area contributed by atoms with Crippen LogP contribution >= 0.6 is 24.8 Å². The zero-order valence-corrected chi connectivity index (χ0v) is 18.5. The van der Waals surface area contributed by atoms with E-state index in [2.05, 4.69) is 61.0 Å². The van der Waals surface area contributed by atoms with E-state index in [1.54, 1.807) is 0 Å². The lowest BCUT2D eigenvalue weighted by atomic mass is 10.0. The van der Waals surface area contributed by atoms with Crippen LogP contribution in [0.5, 0.6) is 0 Å². The Bertz CT molecular complexity index is 522. The Morgan fingerprint density at radius 2 is 1.70 bits per heavy atom. The summed E-state index contributed by atoms with van der Waals surface area (Å²) < 4.78 is 0. The van der Waals surface area contributed by atoms with Crippen LogP contribution < -0.4 is 5.73 Å². The van der Waals surface area contributed by atoms with Crippen LogP contribution in [0.3, 0.4) is 0 Å². The first-order valence-corrected chi connectivity index (χ1v) is 9.45. The minimum atomic E-state index is -0.344. The van der Waals surface area contributed by atoms with Gasteiger partial charge in [-0.2, -0.15) is 0 Å². The molecule has 7 heteroatoms. The van der Waals surface area contributed by atoms with E-state index in [1.165, 1.54) is 5.56 Å². The SMILES string of the molecule is CC(C)C[C@H](N)C(=O)N1CCN(CCN(C)Cc2ccccc2)CC1.Cl.Cl. The number of piperazine rings is 1. The topological polar surface area (TPSA) is 52.8 Å². The Morgan fingerprint density at radius 1 is 1.11 bits per heavy atom. The van der Waals surface area contributed by atoms with Gasteiger partial charge in [-0.25, -0.2) is 0 Å². The van der Waals surface area contributed by atoms with Gasteiger partial charge in [0.15, 0.2) is 0 Å². The van der Waals surface area contributed by atoms with Crippen LogP contribution in [-0.2, 0) is 11.3 Å². The van der Waals surface area contributed by atoms with Crippen molar-refractivity contribution in [2.45, 2.75) is 32.9 Å². The second-order valence-corrected chi connectivity index (χ2v) is 7.63. The quantitative estimate of drug-likeness (QED) is 0.704. The van der Waals surface area contributed by atoms with Crippen LogP contribution in [-0.4, -0.2) is 73.0 Å². The molecule has 0 unspecified atom stereocenters. The maximum atomic E-state index is 12.4. The third-order valence-electron chi connectivity index (χ3n) is 4.82. The number of halogens is 2. The Labute approximate surface area is 177 Å². The number of benzene rings is 1. The molecular formula is C20H36Cl2N4O. The average molecular weight is 419 g/mol. The number of nitrogens with two attached hydrogens (primary N) is 1. The number of nitrogens with zero attached hydrogens (tertiary/aromatic N) is 3. The molecule has 0 aliphatic carbocycles. The number of hydrogen-bond donors (Lipinski definition) is 1. The van der Waals surface area contributed by atoms with Crippen LogP contribution in [0.15, 0.2) is 30.3 Å². The maximum Gasteiger partial charge on any atom is 0.239 e. The fourth-order valence-electron chi connectivity index (χ4n) is 3.32. The third-order valence-corrected chi connectivity index (χ3v) is 4.82. The first kappa shape index (κ1) is 26.1. The highest BCUT2D eigenvalue weighted by Gasteiger charge is 2.25. The van der Waals surface area contributed by atoms with Gasteiger partial charge in [0.2, 0.25) is 5.91 Å². The normalized spacial score (nSPS) is 16.0. The van der Waals surface area contributed by atoms with E-state index in [0.717, 1.165) is 52.2 Å². The van der Waals surface area contributed by atoms with Crippen molar-refractivity contribution in [2.75, 3.05) is 46.3 Å². The first-order valence-electron chi connectivity index (χ1n) is 9.45. The van der Waals surface area contributed by atoms with Gasteiger partial charge in [0.1, 0.15) is 0 Å². The largest absolute Gasteiger partial charge is 0.339 e. The molecule has 0 spiro atoms. The monoisotopic (exact) mass is 418 g/mol. The van der Waals surface area contributed by atoms with Gasteiger partial charge in [-0.15, -0.1) is 24.8 Å². The zero-order valence-electron chi connectivity index (χ0n) is 16.8. The third kappa shape index (κ3) is 9.26. The van der Waals surface area contributed by atoms with Crippen molar-refractivity contribution in [3.8, 4) is 0 Å². The van der Waals surface area contributed by atoms with Crippen LogP contribution in [0.4, 0.5) is 0 Å². The van der Waals surface area contributed by atoms with Gasteiger partial charge in [0, 0.05) is 45.8 Å². The summed E-state index contributed by atoms with van der Waals surface area (Å²) in [6.07, 6.45) is 0.767. The number of carbonyl (C=O) groups is 1. The summed E-state index contributed by atoms with van der Waals surface area (Å²) in [5.74, 6) is 0.579. The molecule has 1 aliphatic rings. The van der Waals surface area contributed by atoms with Crippen molar-refractivity contribution in [3.63, 3.8) is 0 Å². The molecule has 1 heterocycles. The second kappa shape index (κ2) is 13.3. The van der Waals surface area contributed by atoms with E-state index < -0.39 is 0 Å². The average Bonchev–Trinajstić information content (AvgIpc) is 2.60. The van der Waals surface area contributed by atoms with E-state index in [0.29, 0.717) is 5.92 Å². The molecule has 0 bridgehead atoms. The summed E-state index contributed by atoms with van der Waals surface area (Å²) in [4.78, 5) is 19.1. The summed E-state index contributed by atoms with van der Waals surface area (Å²) in [5.41, 5.74) is 7.39. The lowest BCUT2D eigenvalue weighted by molar-refractivity contribution is -0.134. The van der Waals surface area contributed by atoms with Gasteiger partial charge < -0.3 is 15.5 Å². The van der Waals surface area contributed by atoms with Crippen LogP contribution in [0.25, 0.3) is 0 Å². The van der Waals surface area contributed by atoms with E-state index in [-0.39, 0.29) is 36.8 Å². The molecule has 0 saturated carbocycles. The fraction of sp³-hybridized carbons (Fsp3) is 0.650.